The molecule has 17 heteroatoms. The van der Waals surface area contributed by atoms with Crippen molar-refractivity contribution in [1.82, 2.24) is 45.5 Å². The lowest BCUT2D eigenvalue weighted by atomic mass is 9.78. The minimum absolute atomic E-state index is 0.00321. The average Bonchev–Trinajstić information content (AvgIpc) is 3.69. The zero-order valence-electron chi connectivity index (χ0n) is 23.6. The third kappa shape index (κ3) is 6.01. The lowest BCUT2D eigenvalue weighted by molar-refractivity contribution is -0.158. The molecule has 0 bridgehead atoms. The molecule has 42 heavy (non-hydrogen) atoms. The van der Waals surface area contributed by atoms with Crippen molar-refractivity contribution in [2.45, 2.75) is 56.3 Å². The molecule has 0 radical (unpaired) electrons. The lowest BCUT2D eigenvalue weighted by Crippen LogP contribution is -2.66. The Balaban J connectivity index is 1.17. The number of hydrogen-bond acceptors (Lipinski definition) is 12. The van der Waals surface area contributed by atoms with Crippen LogP contribution in [0.4, 0.5) is 0 Å². The summed E-state index contributed by atoms with van der Waals surface area (Å²) in [4.78, 5) is 57.1. The Morgan fingerprint density at radius 1 is 1.26 bits per heavy atom. The van der Waals surface area contributed by atoms with Gasteiger partial charge in [-0.05, 0) is 23.8 Å². The van der Waals surface area contributed by atoms with Gasteiger partial charge < -0.3 is 36.4 Å². The number of piperazine rings is 1. The van der Waals surface area contributed by atoms with Gasteiger partial charge >= 0.3 is 5.97 Å². The third-order valence-electron chi connectivity index (χ3n) is 8.52. The Morgan fingerprint density at radius 2 is 2.00 bits per heavy atom. The van der Waals surface area contributed by atoms with Crippen LogP contribution < -0.4 is 16.4 Å². The maximum Gasteiger partial charge on any atom is 0.353 e. The molecule has 5 rings (SSSR count). The molecule has 1 unspecified atom stereocenters. The van der Waals surface area contributed by atoms with E-state index in [0.717, 1.165) is 0 Å². The number of hydrogen-bond donors (Lipinski definition) is 5. The average molecular weight is 607 g/mol. The van der Waals surface area contributed by atoms with Gasteiger partial charge in [0, 0.05) is 67.9 Å². The van der Waals surface area contributed by atoms with Crippen LogP contribution in [-0.4, -0.2) is 144 Å². The molecule has 4 aliphatic heterocycles. The summed E-state index contributed by atoms with van der Waals surface area (Å²) in [7, 11) is 0. The fourth-order valence-corrected chi connectivity index (χ4v) is 7.87. The zero-order valence-corrected chi connectivity index (χ0v) is 24.4. The van der Waals surface area contributed by atoms with Gasteiger partial charge in [-0.25, -0.2) is 9.48 Å². The van der Waals surface area contributed by atoms with E-state index in [1.807, 2.05) is 11.8 Å². The number of rotatable bonds is 11. The van der Waals surface area contributed by atoms with Crippen LogP contribution in [0.15, 0.2) is 16.9 Å². The SMILES string of the molecule is C[C@@H](NC(=O)Cn1cnnn1)[C@H]1C(=O)N2C(C(=O)O)=C(S[C@@H]3CN[C@H](C(=O)N4CCN(CC(O)CN)CC4)C3)[C@H](C)[C@H]12. The number of carbonyl (C=O) groups excluding carboxylic acids is 3. The number of β-amino-alcohol motifs (C(OH)–C–C–N with tert-alkyl or cyclic N) is 1. The van der Waals surface area contributed by atoms with Crippen LogP contribution in [-0.2, 0) is 25.7 Å². The Hall–Kier alpha value is -3.12. The second kappa shape index (κ2) is 12.6. The maximum atomic E-state index is 13.2. The first-order valence-corrected chi connectivity index (χ1v) is 15.1. The number of amides is 3. The topological polar surface area (TPSA) is 212 Å². The Morgan fingerprint density at radius 3 is 2.64 bits per heavy atom. The van der Waals surface area contributed by atoms with Gasteiger partial charge in [-0.1, -0.05) is 6.92 Å². The van der Waals surface area contributed by atoms with Crippen LogP contribution in [0.3, 0.4) is 0 Å². The van der Waals surface area contributed by atoms with Crippen LogP contribution in [0.25, 0.3) is 0 Å². The third-order valence-corrected chi connectivity index (χ3v) is 10.0. The number of carbonyl (C=O) groups is 4. The number of aliphatic hydroxyl groups excluding tert-OH is 1. The van der Waals surface area contributed by atoms with Crippen molar-refractivity contribution in [2.24, 2.45) is 17.6 Å². The summed E-state index contributed by atoms with van der Waals surface area (Å²) in [5, 5.41) is 36.6. The van der Waals surface area contributed by atoms with Gasteiger partial charge in [-0.15, -0.1) is 16.9 Å². The monoisotopic (exact) mass is 606 g/mol. The maximum absolute atomic E-state index is 13.2. The molecule has 0 saturated carbocycles. The number of β-lactam (4-membered cyclic amide) rings is 1. The summed E-state index contributed by atoms with van der Waals surface area (Å²) in [6, 6.07) is -1.26. The smallest absolute Gasteiger partial charge is 0.353 e. The van der Waals surface area contributed by atoms with E-state index >= 15 is 0 Å². The molecule has 5 heterocycles. The largest absolute Gasteiger partial charge is 0.477 e. The minimum atomic E-state index is -1.16. The number of nitrogens with two attached hydrogens (primary N) is 1. The highest BCUT2D eigenvalue weighted by atomic mass is 32.2. The number of tetrazole rings is 1. The number of aliphatic hydroxyl groups is 1. The lowest BCUT2D eigenvalue weighted by Gasteiger charge is -2.47. The summed E-state index contributed by atoms with van der Waals surface area (Å²) in [5.74, 6) is -2.62. The molecule has 1 aromatic rings. The number of thioether (sulfide) groups is 1. The zero-order chi connectivity index (χ0) is 30.1. The number of nitrogens with zero attached hydrogens (tertiary/aromatic N) is 7. The number of fused-ring (bicyclic) bond motifs is 1. The highest BCUT2D eigenvalue weighted by molar-refractivity contribution is 8.03. The van der Waals surface area contributed by atoms with E-state index < -0.39 is 24.0 Å². The Bertz CT molecular complexity index is 1220. The summed E-state index contributed by atoms with van der Waals surface area (Å²) >= 11 is 1.43. The molecule has 0 spiro atoms. The number of aliphatic carboxylic acids is 1. The van der Waals surface area contributed by atoms with Gasteiger partial charge in [0.15, 0.2) is 0 Å². The van der Waals surface area contributed by atoms with Crippen molar-refractivity contribution in [1.29, 1.82) is 0 Å². The second-order valence-electron chi connectivity index (χ2n) is 11.3. The van der Waals surface area contributed by atoms with Crippen molar-refractivity contribution >= 4 is 35.5 Å². The van der Waals surface area contributed by atoms with E-state index in [-0.39, 0.29) is 59.8 Å². The Kier molecular flexibility index (Phi) is 9.12. The number of carboxylic acids is 1. The highest BCUT2D eigenvalue weighted by Gasteiger charge is 2.60. The second-order valence-corrected chi connectivity index (χ2v) is 12.7. The summed E-state index contributed by atoms with van der Waals surface area (Å²) in [6.45, 7) is 7.28. The number of aromatic nitrogens is 4. The van der Waals surface area contributed by atoms with E-state index in [2.05, 4.69) is 31.1 Å². The quantitative estimate of drug-likeness (QED) is 0.158. The Labute approximate surface area is 247 Å². The highest BCUT2D eigenvalue weighted by Crippen LogP contribution is 2.51. The molecule has 3 fully saturated rings. The van der Waals surface area contributed by atoms with Crippen LogP contribution in [0.2, 0.25) is 0 Å². The standard InChI is InChI=1S/C25H38N10O6S/c1-13-20-19(14(2)29-18(37)11-34-12-28-30-31-34)24(39)35(20)21(25(40)41)22(13)42-16-7-17(27-9-16)23(38)33-5-3-32(4-6-33)10-15(36)8-26/h12-17,19-20,27,36H,3-11,26H2,1-2H3,(H,29,37)(H,40,41)/t13-,14-,15?,16+,17+,19-,20-/m1/s1. The molecule has 0 aromatic carbocycles. The van der Waals surface area contributed by atoms with E-state index in [4.69, 9.17) is 5.73 Å². The van der Waals surface area contributed by atoms with E-state index in [1.165, 1.54) is 27.7 Å². The van der Waals surface area contributed by atoms with Crippen molar-refractivity contribution < 1.29 is 29.4 Å². The van der Waals surface area contributed by atoms with Crippen LogP contribution in [0.1, 0.15) is 20.3 Å². The molecule has 0 aliphatic carbocycles. The molecule has 4 aliphatic rings. The fraction of sp³-hybridized carbons (Fsp3) is 0.720. The molecule has 16 nitrogen and oxygen atoms in total. The molecule has 6 N–H and O–H groups in total. The predicted octanol–water partition coefficient (Wildman–Crippen LogP) is -3.12. The number of carboxylic acid groups (broad SMARTS) is 1. The fourth-order valence-electron chi connectivity index (χ4n) is 6.39. The van der Waals surface area contributed by atoms with Gasteiger partial charge in [0.05, 0.1) is 24.1 Å². The summed E-state index contributed by atoms with van der Waals surface area (Å²) in [5.41, 5.74) is 5.50. The minimum Gasteiger partial charge on any atom is -0.477 e. The van der Waals surface area contributed by atoms with E-state index in [9.17, 15) is 29.4 Å². The normalized spacial score (nSPS) is 29.3. The summed E-state index contributed by atoms with van der Waals surface area (Å²) in [6.07, 6.45) is 1.29. The molecule has 7 atom stereocenters. The van der Waals surface area contributed by atoms with Crippen LogP contribution >= 0.6 is 11.8 Å². The first-order chi connectivity index (χ1) is 20.1. The molecule has 3 saturated heterocycles. The predicted molar refractivity (Wildman–Crippen MR) is 149 cm³/mol. The molecular weight excluding hydrogens is 568 g/mol. The number of nitrogens with one attached hydrogen (secondary N) is 2. The van der Waals surface area contributed by atoms with Gasteiger partial charge in [0.25, 0.3) is 0 Å². The van der Waals surface area contributed by atoms with Crippen molar-refractivity contribution in [3.63, 3.8) is 0 Å². The van der Waals surface area contributed by atoms with Crippen molar-refractivity contribution in [2.75, 3.05) is 45.8 Å². The first kappa shape index (κ1) is 30.3. The van der Waals surface area contributed by atoms with Crippen LogP contribution in [0, 0.1) is 11.8 Å². The van der Waals surface area contributed by atoms with Crippen molar-refractivity contribution in [3.8, 4) is 0 Å². The molecular formula is C25H38N10O6S. The van der Waals surface area contributed by atoms with E-state index in [1.54, 1.807) is 6.92 Å². The first-order valence-electron chi connectivity index (χ1n) is 14.2. The molecule has 3 amide bonds. The van der Waals surface area contributed by atoms with Crippen LogP contribution in [0.5, 0.6) is 0 Å². The van der Waals surface area contributed by atoms with Gasteiger partial charge in [-0.2, -0.15) is 0 Å². The van der Waals surface area contributed by atoms with Gasteiger partial charge in [0.2, 0.25) is 17.7 Å². The van der Waals surface area contributed by atoms with E-state index in [0.29, 0.717) is 50.6 Å². The molecule has 1 aromatic heterocycles. The van der Waals surface area contributed by atoms with Gasteiger partial charge in [-0.3, -0.25) is 19.3 Å². The summed E-state index contributed by atoms with van der Waals surface area (Å²) < 4.78 is 1.27. The molecule has 230 valence electrons. The van der Waals surface area contributed by atoms with Crippen molar-refractivity contribution in [3.05, 3.63) is 16.9 Å². The van der Waals surface area contributed by atoms with Gasteiger partial charge in [0.1, 0.15) is 18.6 Å².